The Hall–Kier alpha value is -3.41. The van der Waals surface area contributed by atoms with Crippen LogP contribution >= 0.6 is 0 Å². The van der Waals surface area contributed by atoms with E-state index < -0.39 is 0 Å². The van der Waals surface area contributed by atoms with Gasteiger partial charge in [0.25, 0.3) is 11.8 Å². The molecule has 1 aliphatic heterocycles. The van der Waals surface area contributed by atoms with Crippen molar-refractivity contribution in [2.75, 3.05) is 12.4 Å². The van der Waals surface area contributed by atoms with E-state index in [1.54, 1.807) is 19.2 Å². The second-order valence-corrected chi connectivity index (χ2v) is 8.21. The second-order valence-electron chi connectivity index (χ2n) is 8.21. The zero-order valence-electron chi connectivity index (χ0n) is 17.6. The van der Waals surface area contributed by atoms with Crippen LogP contribution in [0.25, 0.3) is 10.9 Å². The number of pyridine rings is 1. The highest BCUT2D eigenvalue weighted by Crippen LogP contribution is 2.35. The molecular weight excluding hydrogens is 390 g/mol. The number of ether oxygens (including phenoxy) is 1. The maximum Gasteiger partial charge on any atom is 0.273 e. The minimum atomic E-state index is -0.252. The molecule has 31 heavy (non-hydrogen) atoms. The van der Waals surface area contributed by atoms with Gasteiger partial charge in [-0.15, -0.1) is 0 Å². The molecule has 1 fully saturated rings. The Bertz CT molecular complexity index is 1170. The number of amides is 2. The molecule has 1 aliphatic carbocycles. The maximum absolute atomic E-state index is 13.5. The van der Waals surface area contributed by atoms with Crippen molar-refractivity contribution in [3.05, 3.63) is 65.4 Å². The summed E-state index contributed by atoms with van der Waals surface area (Å²) < 4.78 is 5.39. The van der Waals surface area contributed by atoms with Gasteiger partial charge in [-0.2, -0.15) is 0 Å². The summed E-state index contributed by atoms with van der Waals surface area (Å²) in [4.78, 5) is 33.4. The van der Waals surface area contributed by atoms with Gasteiger partial charge in [-0.25, -0.2) is 4.98 Å². The monoisotopic (exact) mass is 415 g/mol. The number of benzene rings is 2. The van der Waals surface area contributed by atoms with E-state index in [1.165, 1.54) is 6.42 Å². The van der Waals surface area contributed by atoms with Crippen LogP contribution in [0, 0.1) is 0 Å². The average molecular weight is 415 g/mol. The molecule has 0 spiro atoms. The zero-order chi connectivity index (χ0) is 21.4. The van der Waals surface area contributed by atoms with Crippen LogP contribution in [0.3, 0.4) is 0 Å². The van der Waals surface area contributed by atoms with Crippen LogP contribution in [-0.2, 0) is 6.54 Å². The van der Waals surface area contributed by atoms with Crippen LogP contribution in [0.2, 0.25) is 0 Å². The summed E-state index contributed by atoms with van der Waals surface area (Å²) in [6.07, 6.45) is 5.53. The van der Waals surface area contributed by atoms with E-state index in [-0.39, 0.29) is 17.9 Å². The van der Waals surface area contributed by atoms with Crippen molar-refractivity contribution < 1.29 is 14.3 Å². The van der Waals surface area contributed by atoms with E-state index in [0.717, 1.165) is 36.6 Å². The molecule has 1 N–H and O–H groups in total. The van der Waals surface area contributed by atoms with E-state index in [4.69, 9.17) is 4.74 Å². The van der Waals surface area contributed by atoms with Crippen LogP contribution in [0.15, 0.2) is 48.5 Å². The van der Waals surface area contributed by atoms with Crippen LogP contribution in [0.5, 0.6) is 5.75 Å². The normalized spacial score (nSPS) is 16.4. The Morgan fingerprint density at radius 3 is 2.61 bits per heavy atom. The Balaban J connectivity index is 1.58. The highest BCUT2D eigenvalue weighted by Gasteiger charge is 2.38. The van der Waals surface area contributed by atoms with Gasteiger partial charge in [0.15, 0.2) is 0 Å². The number of nitrogens with one attached hydrogen (secondary N) is 1. The molecule has 0 atom stereocenters. The van der Waals surface area contributed by atoms with Gasteiger partial charge in [-0.05, 0) is 31.0 Å². The molecular formula is C25H25N3O3. The third kappa shape index (κ3) is 3.42. The van der Waals surface area contributed by atoms with E-state index in [2.05, 4.69) is 10.3 Å². The summed E-state index contributed by atoms with van der Waals surface area (Å²) in [6, 6.07) is 15.1. The summed E-state index contributed by atoms with van der Waals surface area (Å²) in [5.74, 6) is 0.280. The predicted molar refractivity (Wildman–Crippen MR) is 119 cm³/mol. The Kier molecular flexibility index (Phi) is 5.06. The molecule has 0 radical (unpaired) electrons. The summed E-state index contributed by atoms with van der Waals surface area (Å²) in [6.45, 7) is 0.436. The number of fused-ring (bicyclic) bond motifs is 2. The van der Waals surface area contributed by atoms with Gasteiger partial charge in [0.2, 0.25) is 0 Å². The molecule has 2 heterocycles. The lowest BCUT2D eigenvalue weighted by atomic mass is 9.94. The summed E-state index contributed by atoms with van der Waals surface area (Å²) in [7, 11) is 1.57. The third-order valence-corrected chi connectivity index (χ3v) is 6.38. The minimum absolute atomic E-state index is 0.0565. The Morgan fingerprint density at radius 2 is 1.81 bits per heavy atom. The maximum atomic E-state index is 13.5. The highest BCUT2D eigenvalue weighted by molar-refractivity contribution is 6.16. The fourth-order valence-electron chi connectivity index (χ4n) is 4.84. The van der Waals surface area contributed by atoms with Gasteiger partial charge in [0, 0.05) is 23.5 Å². The molecule has 2 aliphatic rings. The molecule has 158 valence electrons. The van der Waals surface area contributed by atoms with E-state index >= 15 is 0 Å². The molecule has 2 amide bonds. The number of hydrogen-bond donors (Lipinski definition) is 1. The number of carbonyl (C=O) groups excluding carboxylic acids is 2. The number of anilines is 1. The number of nitrogens with zero attached hydrogens (tertiary/aromatic N) is 2. The topological polar surface area (TPSA) is 71.5 Å². The van der Waals surface area contributed by atoms with Gasteiger partial charge in [-0.3, -0.25) is 9.59 Å². The number of carbonyl (C=O) groups is 2. The van der Waals surface area contributed by atoms with E-state index in [9.17, 15) is 9.59 Å². The second kappa shape index (κ2) is 8.02. The average Bonchev–Trinajstić information content (AvgIpc) is 3.14. The smallest absolute Gasteiger partial charge is 0.273 e. The van der Waals surface area contributed by atoms with Crippen LogP contribution < -0.4 is 10.1 Å². The highest BCUT2D eigenvalue weighted by atomic mass is 16.5. The Labute approximate surface area is 181 Å². The lowest BCUT2D eigenvalue weighted by molar-refractivity contribution is 0.0655. The number of rotatable bonds is 4. The van der Waals surface area contributed by atoms with E-state index in [1.807, 2.05) is 41.3 Å². The molecule has 1 aromatic heterocycles. The Morgan fingerprint density at radius 1 is 1.06 bits per heavy atom. The third-order valence-electron chi connectivity index (χ3n) is 6.38. The lowest BCUT2D eigenvalue weighted by Gasteiger charge is -2.30. The predicted octanol–water partition coefficient (Wildman–Crippen LogP) is 4.78. The van der Waals surface area contributed by atoms with Crippen LogP contribution in [0.1, 0.15) is 58.5 Å². The van der Waals surface area contributed by atoms with Crippen molar-refractivity contribution in [1.82, 2.24) is 9.88 Å². The van der Waals surface area contributed by atoms with Gasteiger partial charge in [-0.1, -0.05) is 49.6 Å². The molecule has 2 aromatic carbocycles. The fraction of sp³-hybridized carbons (Fsp3) is 0.320. The van der Waals surface area contributed by atoms with Crippen molar-refractivity contribution in [1.29, 1.82) is 0 Å². The summed E-state index contributed by atoms with van der Waals surface area (Å²) in [5, 5.41) is 3.74. The first-order valence-corrected chi connectivity index (χ1v) is 10.8. The van der Waals surface area contributed by atoms with E-state index in [0.29, 0.717) is 34.8 Å². The number of aromatic nitrogens is 1. The molecule has 1 saturated carbocycles. The molecule has 0 unspecified atom stereocenters. The first-order chi connectivity index (χ1) is 15.2. The van der Waals surface area contributed by atoms with Crippen LogP contribution in [0.4, 0.5) is 5.69 Å². The van der Waals surface area contributed by atoms with Gasteiger partial charge in [0.05, 0.1) is 23.9 Å². The quantitative estimate of drug-likeness (QED) is 0.665. The van der Waals surface area contributed by atoms with Crippen molar-refractivity contribution in [3.8, 4) is 5.75 Å². The first kappa shape index (κ1) is 19.5. The zero-order valence-corrected chi connectivity index (χ0v) is 17.6. The lowest BCUT2D eigenvalue weighted by Crippen LogP contribution is -2.37. The molecule has 5 rings (SSSR count). The molecule has 3 aromatic rings. The summed E-state index contributed by atoms with van der Waals surface area (Å²) >= 11 is 0. The SMILES string of the molecule is COc1ccccc1NC(=O)c1c2c(nc3ccccc13)C(=O)N(C1CCCCC1)C2. The van der Waals surface area contributed by atoms with Crippen molar-refractivity contribution in [2.45, 2.75) is 44.7 Å². The largest absolute Gasteiger partial charge is 0.495 e. The van der Waals surface area contributed by atoms with Gasteiger partial charge >= 0.3 is 0 Å². The standard InChI is InChI=1S/C25H25N3O3/c1-31-21-14-8-7-13-20(21)27-24(29)22-17-11-5-6-12-19(17)26-23-18(22)15-28(25(23)30)16-9-3-2-4-10-16/h5-8,11-14,16H,2-4,9-10,15H2,1H3,(H,27,29). The van der Waals surface area contributed by atoms with Gasteiger partial charge in [0.1, 0.15) is 11.4 Å². The molecule has 6 heteroatoms. The number of hydrogen-bond acceptors (Lipinski definition) is 4. The fourth-order valence-corrected chi connectivity index (χ4v) is 4.84. The van der Waals surface area contributed by atoms with Crippen LogP contribution in [-0.4, -0.2) is 34.8 Å². The van der Waals surface area contributed by atoms with Crippen molar-refractivity contribution in [3.63, 3.8) is 0 Å². The minimum Gasteiger partial charge on any atom is -0.495 e. The molecule has 0 saturated heterocycles. The van der Waals surface area contributed by atoms with Gasteiger partial charge < -0.3 is 15.0 Å². The number of para-hydroxylation sites is 3. The first-order valence-electron chi connectivity index (χ1n) is 10.8. The molecule has 6 nitrogen and oxygen atoms in total. The summed E-state index contributed by atoms with van der Waals surface area (Å²) in [5.41, 5.74) is 2.91. The number of methoxy groups -OCH3 is 1. The van der Waals surface area contributed by atoms with Crippen molar-refractivity contribution >= 4 is 28.4 Å². The van der Waals surface area contributed by atoms with Crippen molar-refractivity contribution in [2.24, 2.45) is 0 Å². The molecule has 0 bridgehead atoms.